The maximum atomic E-state index is 12.0. The molecule has 3 rings (SSSR count). The van der Waals surface area contributed by atoms with Crippen LogP contribution >= 0.6 is 0 Å². The van der Waals surface area contributed by atoms with Gasteiger partial charge in [0.15, 0.2) is 0 Å². The zero-order valence-electron chi connectivity index (χ0n) is 15.9. The van der Waals surface area contributed by atoms with Gasteiger partial charge in [-0.1, -0.05) is 12.1 Å². The first-order valence-corrected chi connectivity index (χ1v) is 8.64. The van der Waals surface area contributed by atoms with Crippen LogP contribution in [0.1, 0.15) is 33.3 Å². The number of anilines is 1. The second-order valence-electron chi connectivity index (χ2n) is 7.54. The number of carbonyl (C=O) groups is 1. The summed E-state index contributed by atoms with van der Waals surface area (Å²) in [6.07, 6.45) is 3.58. The fraction of sp³-hybridized carbons (Fsp3) is 0.444. The van der Waals surface area contributed by atoms with Gasteiger partial charge >= 0.3 is 13.1 Å². The van der Waals surface area contributed by atoms with Crippen molar-refractivity contribution in [3.63, 3.8) is 0 Å². The van der Waals surface area contributed by atoms with Crippen LogP contribution in [0, 0.1) is 0 Å². The van der Waals surface area contributed by atoms with Crippen molar-refractivity contribution < 1.29 is 14.1 Å². The summed E-state index contributed by atoms with van der Waals surface area (Å²) in [5.74, 6) is 0. The molecule has 26 heavy (non-hydrogen) atoms. The van der Waals surface area contributed by atoms with Crippen LogP contribution in [0.5, 0.6) is 0 Å². The van der Waals surface area contributed by atoms with E-state index in [0.29, 0.717) is 12.2 Å². The van der Waals surface area contributed by atoms with Crippen LogP contribution in [0.15, 0.2) is 36.7 Å². The van der Waals surface area contributed by atoms with Crippen molar-refractivity contribution in [1.82, 2.24) is 15.1 Å². The summed E-state index contributed by atoms with van der Waals surface area (Å²) in [6.45, 7) is 8.52. The fourth-order valence-electron chi connectivity index (χ4n) is 2.62. The van der Waals surface area contributed by atoms with Gasteiger partial charge < -0.3 is 19.9 Å². The highest BCUT2D eigenvalue weighted by molar-refractivity contribution is 6.62. The molecule has 1 aliphatic heterocycles. The Hall–Kier alpha value is -2.32. The van der Waals surface area contributed by atoms with E-state index < -0.39 is 7.12 Å². The largest absolute Gasteiger partial charge is 0.494 e. The van der Waals surface area contributed by atoms with E-state index in [0.717, 1.165) is 11.0 Å². The minimum absolute atomic E-state index is 0.266. The number of carbonyl (C=O) groups excluding carboxylic acids is 1. The van der Waals surface area contributed by atoms with Gasteiger partial charge in [-0.2, -0.15) is 5.10 Å². The quantitative estimate of drug-likeness (QED) is 0.822. The van der Waals surface area contributed by atoms with E-state index >= 15 is 0 Å². The molecule has 2 N–H and O–H groups in total. The molecule has 7 nitrogen and oxygen atoms in total. The van der Waals surface area contributed by atoms with Crippen LogP contribution in [0.25, 0.3) is 0 Å². The van der Waals surface area contributed by atoms with Crippen molar-refractivity contribution in [2.75, 3.05) is 5.32 Å². The molecule has 2 amide bonds. The third kappa shape index (κ3) is 3.91. The first-order valence-electron chi connectivity index (χ1n) is 8.64. The second kappa shape index (κ2) is 6.77. The lowest BCUT2D eigenvalue weighted by Gasteiger charge is -2.32. The predicted molar refractivity (Wildman–Crippen MR) is 101 cm³/mol. The predicted octanol–water partition coefficient (Wildman–Crippen LogP) is 2.04. The highest BCUT2D eigenvalue weighted by atomic mass is 16.7. The van der Waals surface area contributed by atoms with Crippen LogP contribution in [0.4, 0.5) is 10.5 Å². The number of nitrogens with zero attached hydrogens (tertiary/aromatic N) is 2. The smallest absolute Gasteiger partial charge is 0.399 e. The van der Waals surface area contributed by atoms with Gasteiger partial charge in [-0.3, -0.25) is 4.68 Å². The van der Waals surface area contributed by atoms with Crippen LogP contribution in [-0.2, 0) is 22.9 Å². The van der Waals surface area contributed by atoms with Crippen molar-refractivity contribution in [2.45, 2.75) is 45.4 Å². The van der Waals surface area contributed by atoms with Crippen molar-refractivity contribution in [3.05, 3.63) is 42.2 Å². The van der Waals surface area contributed by atoms with Gasteiger partial charge in [0, 0.05) is 31.0 Å². The molecular formula is C18H25BN4O3. The summed E-state index contributed by atoms with van der Waals surface area (Å²) >= 11 is 0. The summed E-state index contributed by atoms with van der Waals surface area (Å²) in [7, 11) is 1.43. The molecule has 1 aromatic heterocycles. The van der Waals surface area contributed by atoms with E-state index in [-0.39, 0.29) is 17.2 Å². The minimum atomic E-state index is -0.409. The lowest BCUT2D eigenvalue weighted by atomic mass is 9.79. The number of aryl methyl sites for hydroxylation is 1. The van der Waals surface area contributed by atoms with E-state index in [4.69, 9.17) is 9.31 Å². The van der Waals surface area contributed by atoms with E-state index in [2.05, 4.69) is 15.7 Å². The zero-order chi connectivity index (χ0) is 18.9. The molecule has 0 saturated carbocycles. The van der Waals surface area contributed by atoms with E-state index in [1.807, 2.05) is 65.2 Å². The fourth-order valence-corrected chi connectivity index (χ4v) is 2.62. The van der Waals surface area contributed by atoms with Crippen molar-refractivity contribution in [2.24, 2.45) is 7.05 Å². The average Bonchev–Trinajstić information content (AvgIpc) is 3.06. The first-order chi connectivity index (χ1) is 12.2. The molecule has 1 aromatic carbocycles. The molecule has 0 radical (unpaired) electrons. The van der Waals surface area contributed by atoms with Crippen molar-refractivity contribution in [1.29, 1.82) is 0 Å². The summed E-state index contributed by atoms with van der Waals surface area (Å²) < 4.78 is 13.8. The first kappa shape index (κ1) is 18.5. The summed E-state index contributed by atoms with van der Waals surface area (Å²) in [5.41, 5.74) is 1.82. The number of nitrogens with one attached hydrogen (secondary N) is 2. The van der Waals surface area contributed by atoms with Crippen LogP contribution in [0.2, 0.25) is 0 Å². The van der Waals surface area contributed by atoms with Crippen molar-refractivity contribution >= 4 is 24.3 Å². The Morgan fingerprint density at radius 1 is 1.15 bits per heavy atom. The van der Waals surface area contributed by atoms with Gasteiger partial charge in [0.25, 0.3) is 0 Å². The third-order valence-electron chi connectivity index (χ3n) is 4.91. The molecule has 0 spiro atoms. The Morgan fingerprint density at radius 2 is 1.77 bits per heavy atom. The van der Waals surface area contributed by atoms with Crippen LogP contribution in [-0.4, -0.2) is 34.1 Å². The summed E-state index contributed by atoms with van der Waals surface area (Å²) in [6, 6.07) is 7.21. The topological polar surface area (TPSA) is 77.4 Å². The van der Waals surface area contributed by atoms with Gasteiger partial charge in [0.2, 0.25) is 0 Å². The standard InChI is InChI=1S/C18H25BN4O3/c1-17(2)18(3,4)26-19(25-17)14-6-8-15(9-7-14)22-16(24)20-10-13-11-21-23(5)12-13/h6-9,11-12H,10H2,1-5H3,(H2,20,22,24). The molecule has 0 bridgehead atoms. The van der Waals surface area contributed by atoms with Crippen LogP contribution < -0.4 is 16.1 Å². The summed E-state index contributed by atoms with van der Waals surface area (Å²) in [4.78, 5) is 12.0. The molecule has 1 aliphatic rings. The summed E-state index contributed by atoms with van der Waals surface area (Å²) in [5, 5.41) is 9.68. The Kier molecular flexibility index (Phi) is 4.81. The Morgan fingerprint density at radius 3 is 2.31 bits per heavy atom. The second-order valence-corrected chi connectivity index (χ2v) is 7.54. The molecule has 1 saturated heterocycles. The average molecular weight is 356 g/mol. The molecule has 0 atom stereocenters. The maximum Gasteiger partial charge on any atom is 0.494 e. The van der Waals surface area contributed by atoms with E-state index in [1.54, 1.807) is 10.9 Å². The molecule has 1 fully saturated rings. The van der Waals surface area contributed by atoms with Crippen molar-refractivity contribution in [3.8, 4) is 0 Å². The normalized spacial score (nSPS) is 18.0. The van der Waals surface area contributed by atoms with Gasteiger partial charge in [0.05, 0.1) is 17.4 Å². The van der Waals surface area contributed by atoms with Gasteiger partial charge in [0.1, 0.15) is 0 Å². The molecule has 0 aliphatic carbocycles. The third-order valence-corrected chi connectivity index (χ3v) is 4.91. The minimum Gasteiger partial charge on any atom is -0.399 e. The number of urea groups is 1. The Balaban J connectivity index is 1.55. The molecule has 2 heterocycles. The zero-order valence-corrected chi connectivity index (χ0v) is 15.9. The molecule has 8 heteroatoms. The molecular weight excluding hydrogens is 331 g/mol. The number of hydrogen-bond acceptors (Lipinski definition) is 4. The number of hydrogen-bond donors (Lipinski definition) is 2. The number of rotatable bonds is 4. The lowest BCUT2D eigenvalue weighted by Crippen LogP contribution is -2.41. The highest BCUT2D eigenvalue weighted by Gasteiger charge is 2.51. The van der Waals surface area contributed by atoms with Gasteiger partial charge in [-0.25, -0.2) is 4.79 Å². The van der Waals surface area contributed by atoms with E-state index in [9.17, 15) is 4.79 Å². The molecule has 138 valence electrons. The molecule has 2 aromatic rings. The SMILES string of the molecule is Cn1cc(CNC(=O)Nc2ccc(B3OC(C)(C)C(C)(C)O3)cc2)cn1. The number of amides is 2. The Bertz CT molecular complexity index is 770. The number of benzene rings is 1. The monoisotopic (exact) mass is 356 g/mol. The van der Waals surface area contributed by atoms with Gasteiger partial charge in [-0.15, -0.1) is 0 Å². The Labute approximate surface area is 154 Å². The van der Waals surface area contributed by atoms with Gasteiger partial charge in [-0.05, 0) is 45.3 Å². The lowest BCUT2D eigenvalue weighted by molar-refractivity contribution is 0.00578. The van der Waals surface area contributed by atoms with E-state index in [1.165, 1.54) is 0 Å². The molecule has 0 unspecified atom stereocenters. The highest BCUT2D eigenvalue weighted by Crippen LogP contribution is 2.36. The number of aromatic nitrogens is 2. The maximum absolute atomic E-state index is 12.0. The van der Waals surface area contributed by atoms with Crippen LogP contribution in [0.3, 0.4) is 0 Å².